The fourth-order valence-electron chi connectivity index (χ4n) is 1.28. The quantitative estimate of drug-likeness (QED) is 0.515. The summed E-state index contributed by atoms with van der Waals surface area (Å²) in [6.07, 6.45) is 9.91. The van der Waals surface area contributed by atoms with Crippen LogP contribution in [0.4, 0.5) is 0 Å². The Kier molecular flexibility index (Phi) is 7.23. The first-order chi connectivity index (χ1) is 5.70. The van der Waals surface area contributed by atoms with Crippen LogP contribution < -0.4 is 0 Å². The van der Waals surface area contributed by atoms with E-state index in [2.05, 4.69) is 39.8 Å². The minimum absolute atomic E-state index is 0.817. The zero-order valence-electron chi connectivity index (χ0n) is 9.14. The maximum absolute atomic E-state index is 2.39. The minimum Gasteiger partial charge on any atom is -0.0883 e. The van der Waals surface area contributed by atoms with Gasteiger partial charge in [-0.15, -0.1) is 0 Å². The zero-order valence-corrected chi connectivity index (χ0v) is 9.14. The van der Waals surface area contributed by atoms with Crippen LogP contribution in [0.5, 0.6) is 0 Å². The maximum atomic E-state index is 2.39. The predicted molar refractivity (Wildman–Crippen MR) is 57.3 cm³/mol. The number of allylic oxidation sites excluding steroid dienone is 2. The Bertz CT molecular complexity index is 107. The van der Waals surface area contributed by atoms with Crippen LogP contribution in [0, 0.1) is 11.8 Å². The first kappa shape index (κ1) is 11.7. The molecule has 0 aromatic carbocycles. The average Bonchev–Trinajstić information content (AvgIpc) is 2.04. The first-order valence-corrected chi connectivity index (χ1v) is 5.37. The van der Waals surface area contributed by atoms with Crippen LogP contribution in [0.1, 0.15) is 53.4 Å². The van der Waals surface area contributed by atoms with Gasteiger partial charge in [0.1, 0.15) is 0 Å². The SMILES string of the molecule is CCC(/C=C/CCC(C)C)CC. The van der Waals surface area contributed by atoms with Crippen LogP contribution in [0.2, 0.25) is 0 Å². The van der Waals surface area contributed by atoms with Crippen molar-refractivity contribution in [2.24, 2.45) is 11.8 Å². The number of hydrogen-bond acceptors (Lipinski definition) is 0. The maximum Gasteiger partial charge on any atom is -0.0239 e. The lowest BCUT2D eigenvalue weighted by Gasteiger charge is -2.05. The summed E-state index contributed by atoms with van der Waals surface area (Å²) in [5.41, 5.74) is 0. The second kappa shape index (κ2) is 7.39. The van der Waals surface area contributed by atoms with Gasteiger partial charge < -0.3 is 0 Å². The highest BCUT2D eigenvalue weighted by Crippen LogP contribution is 2.11. The van der Waals surface area contributed by atoms with E-state index in [9.17, 15) is 0 Å². The third-order valence-electron chi connectivity index (χ3n) is 2.37. The van der Waals surface area contributed by atoms with Crippen LogP contribution in [-0.2, 0) is 0 Å². The summed E-state index contributed by atoms with van der Waals surface area (Å²) in [4.78, 5) is 0. The fraction of sp³-hybridized carbons (Fsp3) is 0.833. The largest absolute Gasteiger partial charge is 0.0883 e. The molecule has 0 nitrogen and oxygen atoms in total. The molecule has 12 heavy (non-hydrogen) atoms. The molecule has 0 N–H and O–H groups in total. The molecule has 0 heterocycles. The second-order valence-corrected chi connectivity index (χ2v) is 3.98. The molecule has 0 atom stereocenters. The number of rotatable bonds is 6. The van der Waals surface area contributed by atoms with E-state index in [-0.39, 0.29) is 0 Å². The van der Waals surface area contributed by atoms with Crippen LogP contribution >= 0.6 is 0 Å². The van der Waals surface area contributed by atoms with Crippen molar-refractivity contribution in [3.63, 3.8) is 0 Å². The Morgan fingerprint density at radius 2 is 1.67 bits per heavy atom. The molecule has 0 fully saturated rings. The molecule has 0 spiro atoms. The van der Waals surface area contributed by atoms with E-state index in [4.69, 9.17) is 0 Å². The molecule has 0 aliphatic rings. The first-order valence-electron chi connectivity index (χ1n) is 5.37. The van der Waals surface area contributed by atoms with Gasteiger partial charge in [0.2, 0.25) is 0 Å². The Balaban J connectivity index is 3.45. The van der Waals surface area contributed by atoms with Gasteiger partial charge in [-0.25, -0.2) is 0 Å². The Morgan fingerprint density at radius 3 is 2.08 bits per heavy atom. The van der Waals surface area contributed by atoms with E-state index in [0.29, 0.717) is 0 Å². The normalized spacial score (nSPS) is 12.2. The zero-order chi connectivity index (χ0) is 9.40. The van der Waals surface area contributed by atoms with Gasteiger partial charge in [-0.2, -0.15) is 0 Å². The van der Waals surface area contributed by atoms with Crippen molar-refractivity contribution < 1.29 is 0 Å². The van der Waals surface area contributed by atoms with Crippen LogP contribution in [-0.4, -0.2) is 0 Å². The van der Waals surface area contributed by atoms with E-state index in [1.807, 2.05) is 0 Å². The Hall–Kier alpha value is -0.260. The van der Waals surface area contributed by atoms with Gasteiger partial charge >= 0.3 is 0 Å². The highest BCUT2D eigenvalue weighted by Gasteiger charge is 1.96. The third-order valence-corrected chi connectivity index (χ3v) is 2.37. The highest BCUT2D eigenvalue weighted by atomic mass is 14.0. The smallest absolute Gasteiger partial charge is 0.0239 e. The van der Waals surface area contributed by atoms with Crippen LogP contribution in [0.3, 0.4) is 0 Å². The lowest BCUT2D eigenvalue weighted by atomic mass is 10.0. The second-order valence-electron chi connectivity index (χ2n) is 3.98. The number of hydrogen-bond donors (Lipinski definition) is 0. The minimum atomic E-state index is 0.817. The monoisotopic (exact) mass is 168 g/mol. The van der Waals surface area contributed by atoms with E-state index in [1.54, 1.807) is 0 Å². The van der Waals surface area contributed by atoms with E-state index >= 15 is 0 Å². The van der Waals surface area contributed by atoms with Crippen LogP contribution in [0.15, 0.2) is 12.2 Å². The molecule has 72 valence electrons. The lowest BCUT2D eigenvalue weighted by molar-refractivity contribution is 0.581. The topological polar surface area (TPSA) is 0 Å². The molecular formula is C12H24. The van der Waals surface area contributed by atoms with Gasteiger partial charge in [0.05, 0.1) is 0 Å². The van der Waals surface area contributed by atoms with E-state index in [0.717, 1.165) is 11.8 Å². The van der Waals surface area contributed by atoms with Gasteiger partial charge in [-0.1, -0.05) is 39.8 Å². The van der Waals surface area contributed by atoms with Crippen LogP contribution in [0.25, 0.3) is 0 Å². The molecule has 0 aliphatic heterocycles. The molecule has 0 aromatic heterocycles. The molecule has 0 bridgehead atoms. The van der Waals surface area contributed by atoms with Crippen molar-refractivity contribution in [2.75, 3.05) is 0 Å². The van der Waals surface area contributed by atoms with Crippen molar-refractivity contribution in [3.05, 3.63) is 12.2 Å². The van der Waals surface area contributed by atoms with Gasteiger partial charge in [0.15, 0.2) is 0 Å². The molecule has 0 aliphatic carbocycles. The van der Waals surface area contributed by atoms with Gasteiger partial charge in [0, 0.05) is 0 Å². The summed E-state index contributed by atoms with van der Waals surface area (Å²) < 4.78 is 0. The molecule has 0 unspecified atom stereocenters. The Labute approximate surface area is 78.1 Å². The van der Waals surface area contributed by atoms with E-state index < -0.39 is 0 Å². The van der Waals surface area contributed by atoms with Crippen molar-refractivity contribution in [3.8, 4) is 0 Å². The molecule has 0 radical (unpaired) electrons. The molecular weight excluding hydrogens is 144 g/mol. The summed E-state index contributed by atoms with van der Waals surface area (Å²) in [5, 5.41) is 0. The van der Waals surface area contributed by atoms with Crippen molar-refractivity contribution in [1.29, 1.82) is 0 Å². The van der Waals surface area contributed by atoms with Gasteiger partial charge in [-0.3, -0.25) is 0 Å². The summed E-state index contributed by atoms with van der Waals surface area (Å²) in [5.74, 6) is 1.66. The Morgan fingerprint density at radius 1 is 1.08 bits per heavy atom. The molecule has 0 aromatic rings. The van der Waals surface area contributed by atoms with Gasteiger partial charge in [-0.05, 0) is 37.5 Å². The summed E-state index contributed by atoms with van der Waals surface area (Å²) in [6, 6.07) is 0. The average molecular weight is 168 g/mol. The molecule has 0 saturated heterocycles. The lowest BCUT2D eigenvalue weighted by Crippen LogP contribution is -1.90. The summed E-state index contributed by atoms with van der Waals surface area (Å²) in [7, 11) is 0. The van der Waals surface area contributed by atoms with Gasteiger partial charge in [0.25, 0.3) is 0 Å². The predicted octanol–water partition coefficient (Wildman–Crippen LogP) is 4.42. The summed E-state index contributed by atoms with van der Waals surface area (Å²) >= 11 is 0. The van der Waals surface area contributed by atoms with E-state index in [1.165, 1.54) is 25.7 Å². The third kappa shape index (κ3) is 6.45. The highest BCUT2D eigenvalue weighted by molar-refractivity contribution is 4.87. The van der Waals surface area contributed by atoms with Crippen molar-refractivity contribution in [1.82, 2.24) is 0 Å². The molecule has 0 rings (SSSR count). The molecule has 0 saturated carbocycles. The van der Waals surface area contributed by atoms with Crippen molar-refractivity contribution in [2.45, 2.75) is 53.4 Å². The van der Waals surface area contributed by atoms with Crippen molar-refractivity contribution >= 4 is 0 Å². The molecule has 0 amide bonds. The summed E-state index contributed by atoms with van der Waals surface area (Å²) in [6.45, 7) is 9.10. The standard InChI is InChI=1S/C12H24/c1-5-12(6-2)10-8-7-9-11(3)4/h8,10-12H,5-7,9H2,1-4H3/b10-8+. The fourth-order valence-corrected chi connectivity index (χ4v) is 1.28. The molecule has 0 heteroatoms.